The second kappa shape index (κ2) is 3.62. The molecule has 2 aromatic heterocycles. The molecule has 0 radical (unpaired) electrons. The third-order valence-corrected chi connectivity index (χ3v) is 2.98. The van der Waals surface area contributed by atoms with E-state index in [1.54, 1.807) is 0 Å². The summed E-state index contributed by atoms with van der Waals surface area (Å²) in [7, 11) is 0. The number of fused-ring (bicyclic) bond motifs is 1. The third kappa shape index (κ3) is 1.61. The van der Waals surface area contributed by atoms with Crippen LogP contribution in [0.5, 0.6) is 0 Å². The summed E-state index contributed by atoms with van der Waals surface area (Å²) in [6.07, 6.45) is 1.84. The molecule has 78 valence electrons. The number of hydrogen-bond acceptors (Lipinski definition) is 2. The zero-order valence-corrected chi connectivity index (χ0v) is 9.58. The van der Waals surface area contributed by atoms with Gasteiger partial charge in [0.2, 0.25) is 0 Å². The smallest absolute Gasteiger partial charge is 0.137 e. The molecule has 2 aromatic rings. The Morgan fingerprint density at radius 2 is 2.27 bits per heavy atom. The van der Waals surface area contributed by atoms with E-state index in [0.29, 0.717) is 4.99 Å². The van der Waals surface area contributed by atoms with Gasteiger partial charge in [-0.2, -0.15) is 0 Å². The highest BCUT2D eigenvalue weighted by atomic mass is 32.1. The fraction of sp³-hybridized carbons (Fsp3) is 0.273. The van der Waals surface area contributed by atoms with E-state index in [-0.39, 0.29) is 5.92 Å². The molecule has 0 aromatic carbocycles. The van der Waals surface area contributed by atoms with Crippen molar-refractivity contribution in [3.05, 3.63) is 35.8 Å². The van der Waals surface area contributed by atoms with Crippen LogP contribution in [0.3, 0.4) is 0 Å². The lowest BCUT2D eigenvalue weighted by atomic mass is 10.1. The van der Waals surface area contributed by atoms with E-state index in [9.17, 15) is 0 Å². The molecule has 0 saturated heterocycles. The van der Waals surface area contributed by atoms with Gasteiger partial charge in [0.1, 0.15) is 5.65 Å². The van der Waals surface area contributed by atoms with Crippen LogP contribution < -0.4 is 5.73 Å². The van der Waals surface area contributed by atoms with Gasteiger partial charge >= 0.3 is 0 Å². The van der Waals surface area contributed by atoms with Crippen molar-refractivity contribution in [2.75, 3.05) is 0 Å². The Hall–Kier alpha value is -1.42. The summed E-state index contributed by atoms with van der Waals surface area (Å²) in [5.74, 6) is 0.0519. The molecule has 0 aliphatic carbocycles. The molecule has 2 rings (SSSR count). The van der Waals surface area contributed by atoms with Gasteiger partial charge in [0.15, 0.2) is 0 Å². The molecule has 0 fully saturated rings. The minimum absolute atomic E-state index is 0.0519. The maximum absolute atomic E-state index is 5.66. The maximum atomic E-state index is 5.66. The van der Waals surface area contributed by atoms with Crippen LogP contribution in [-0.4, -0.2) is 14.4 Å². The second-order valence-electron chi connectivity index (χ2n) is 3.67. The van der Waals surface area contributed by atoms with Gasteiger partial charge in [0, 0.05) is 17.8 Å². The number of pyridine rings is 1. The summed E-state index contributed by atoms with van der Waals surface area (Å²) in [6.45, 7) is 4.04. The average Bonchev–Trinajstić information content (AvgIpc) is 2.61. The monoisotopic (exact) mass is 219 g/mol. The van der Waals surface area contributed by atoms with Crippen molar-refractivity contribution < 1.29 is 0 Å². The molecular formula is C11H13N3S. The molecule has 1 atom stereocenters. The lowest BCUT2D eigenvalue weighted by molar-refractivity contribution is 0.906. The molecule has 4 heteroatoms. The van der Waals surface area contributed by atoms with E-state index >= 15 is 0 Å². The summed E-state index contributed by atoms with van der Waals surface area (Å²) >= 11 is 5.01. The lowest BCUT2D eigenvalue weighted by Crippen LogP contribution is -2.18. The van der Waals surface area contributed by atoms with Crippen molar-refractivity contribution in [3.63, 3.8) is 0 Å². The average molecular weight is 219 g/mol. The topological polar surface area (TPSA) is 43.3 Å². The molecule has 0 saturated carbocycles. The summed E-state index contributed by atoms with van der Waals surface area (Å²) in [5.41, 5.74) is 8.79. The quantitative estimate of drug-likeness (QED) is 0.786. The third-order valence-electron chi connectivity index (χ3n) is 2.62. The molecule has 1 unspecified atom stereocenters. The van der Waals surface area contributed by atoms with Crippen LogP contribution in [-0.2, 0) is 0 Å². The maximum Gasteiger partial charge on any atom is 0.137 e. The van der Waals surface area contributed by atoms with Crippen LogP contribution in [0.25, 0.3) is 5.65 Å². The van der Waals surface area contributed by atoms with E-state index < -0.39 is 0 Å². The second-order valence-corrected chi connectivity index (χ2v) is 4.14. The highest BCUT2D eigenvalue weighted by Crippen LogP contribution is 2.18. The fourth-order valence-corrected chi connectivity index (χ4v) is 1.80. The Labute approximate surface area is 93.9 Å². The van der Waals surface area contributed by atoms with Gasteiger partial charge < -0.3 is 10.1 Å². The number of rotatable bonds is 2. The minimum atomic E-state index is 0.0519. The Balaban J connectivity index is 2.67. The molecule has 2 N–H and O–H groups in total. The number of aryl methyl sites for hydroxylation is 1. The normalized spacial score (nSPS) is 12.9. The molecule has 15 heavy (non-hydrogen) atoms. The highest BCUT2D eigenvalue weighted by molar-refractivity contribution is 7.80. The van der Waals surface area contributed by atoms with E-state index in [1.165, 1.54) is 0 Å². The van der Waals surface area contributed by atoms with E-state index in [1.807, 2.05) is 38.2 Å². The summed E-state index contributed by atoms with van der Waals surface area (Å²) in [4.78, 5) is 4.83. The predicted octanol–water partition coefficient (Wildman–Crippen LogP) is 2.03. The van der Waals surface area contributed by atoms with Gasteiger partial charge in [-0.05, 0) is 19.1 Å². The first-order valence-corrected chi connectivity index (χ1v) is 5.24. The van der Waals surface area contributed by atoms with Gasteiger partial charge in [-0.1, -0.05) is 25.2 Å². The van der Waals surface area contributed by atoms with Gasteiger partial charge in [-0.3, -0.25) is 0 Å². The Morgan fingerprint density at radius 1 is 1.53 bits per heavy atom. The van der Waals surface area contributed by atoms with Gasteiger partial charge in [0.25, 0.3) is 0 Å². The first kappa shape index (κ1) is 10.1. The SMILES string of the molecule is Cc1cccc2ncc(C(C)C(N)=S)n12. The van der Waals surface area contributed by atoms with Crippen molar-refractivity contribution in [2.45, 2.75) is 19.8 Å². The molecule has 2 heterocycles. The van der Waals surface area contributed by atoms with Crippen LogP contribution in [0.2, 0.25) is 0 Å². The zero-order valence-electron chi connectivity index (χ0n) is 8.77. The highest BCUT2D eigenvalue weighted by Gasteiger charge is 2.14. The molecule has 0 spiro atoms. The number of nitrogens with zero attached hydrogens (tertiary/aromatic N) is 2. The molecular weight excluding hydrogens is 206 g/mol. The Kier molecular flexibility index (Phi) is 2.44. The summed E-state index contributed by atoms with van der Waals surface area (Å²) < 4.78 is 2.09. The number of aromatic nitrogens is 2. The molecule has 0 aliphatic rings. The van der Waals surface area contributed by atoms with Crippen LogP contribution in [0.4, 0.5) is 0 Å². The standard InChI is InChI=1S/C11H13N3S/c1-7-4-3-5-10-13-6-9(14(7)10)8(2)11(12)15/h3-6,8H,1-2H3,(H2,12,15). The van der Waals surface area contributed by atoms with Gasteiger partial charge in [0.05, 0.1) is 10.7 Å². The first-order chi connectivity index (χ1) is 7.11. The van der Waals surface area contributed by atoms with Gasteiger partial charge in [-0.25, -0.2) is 4.98 Å². The van der Waals surface area contributed by atoms with Gasteiger partial charge in [-0.15, -0.1) is 0 Å². The van der Waals surface area contributed by atoms with E-state index in [4.69, 9.17) is 18.0 Å². The molecule has 0 amide bonds. The largest absolute Gasteiger partial charge is 0.393 e. The minimum Gasteiger partial charge on any atom is -0.393 e. The van der Waals surface area contributed by atoms with Crippen molar-refractivity contribution in [3.8, 4) is 0 Å². The molecule has 0 aliphatic heterocycles. The van der Waals surface area contributed by atoms with Crippen LogP contribution >= 0.6 is 12.2 Å². The van der Waals surface area contributed by atoms with Crippen LogP contribution in [0.1, 0.15) is 24.2 Å². The number of imidazole rings is 1. The fourth-order valence-electron chi connectivity index (χ4n) is 1.68. The molecule has 0 bridgehead atoms. The Morgan fingerprint density at radius 3 is 2.93 bits per heavy atom. The first-order valence-electron chi connectivity index (χ1n) is 4.83. The number of thiocarbonyl (C=S) groups is 1. The Bertz CT molecular complexity index is 516. The van der Waals surface area contributed by atoms with Crippen molar-refractivity contribution >= 4 is 22.9 Å². The number of hydrogen-bond donors (Lipinski definition) is 1. The van der Waals surface area contributed by atoms with E-state index in [2.05, 4.69) is 9.38 Å². The van der Waals surface area contributed by atoms with Crippen LogP contribution in [0, 0.1) is 6.92 Å². The van der Waals surface area contributed by atoms with Crippen molar-refractivity contribution in [1.29, 1.82) is 0 Å². The zero-order chi connectivity index (χ0) is 11.0. The number of nitrogens with two attached hydrogens (primary N) is 1. The van der Waals surface area contributed by atoms with Crippen molar-refractivity contribution in [2.24, 2.45) is 5.73 Å². The lowest BCUT2D eigenvalue weighted by Gasteiger charge is -2.10. The molecule has 3 nitrogen and oxygen atoms in total. The predicted molar refractivity (Wildman–Crippen MR) is 65.1 cm³/mol. The summed E-state index contributed by atoms with van der Waals surface area (Å²) in [5, 5.41) is 0. The van der Waals surface area contributed by atoms with E-state index in [0.717, 1.165) is 17.0 Å². The summed E-state index contributed by atoms with van der Waals surface area (Å²) in [6, 6.07) is 6.01. The van der Waals surface area contributed by atoms with Crippen LogP contribution in [0.15, 0.2) is 24.4 Å². The van der Waals surface area contributed by atoms with Crippen molar-refractivity contribution in [1.82, 2.24) is 9.38 Å².